The summed E-state index contributed by atoms with van der Waals surface area (Å²) in [7, 11) is 0. The van der Waals surface area contributed by atoms with Crippen molar-refractivity contribution in [2.24, 2.45) is 5.73 Å². The van der Waals surface area contributed by atoms with E-state index in [2.05, 4.69) is 22.9 Å². The van der Waals surface area contributed by atoms with Gasteiger partial charge < -0.3 is 15.2 Å². The Morgan fingerprint density at radius 1 is 1.50 bits per heavy atom. The van der Waals surface area contributed by atoms with Crippen molar-refractivity contribution >= 4 is 15.9 Å². The van der Waals surface area contributed by atoms with Gasteiger partial charge in [0.05, 0.1) is 12.2 Å². The first-order valence-corrected chi connectivity index (χ1v) is 7.19. The molecule has 1 fully saturated rings. The van der Waals surface area contributed by atoms with Gasteiger partial charge in [-0.3, -0.25) is 0 Å². The van der Waals surface area contributed by atoms with Crippen LogP contribution in [0.25, 0.3) is 0 Å². The largest absolute Gasteiger partial charge is 0.490 e. The molecule has 0 amide bonds. The fourth-order valence-corrected chi connectivity index (χ4v) is 2.54. The van der Waals surface area contributed by atoms with Crippen LogP contribution in [-0.2, 0) is 4.74 Å². The highest BCUT2D eigenvalue weighted by molar-refractivity contribution is 9.10. The zero-order valence-corrected chi connectivity index (χ0v) is 12.4. The van der Waals surface area contributed by atoms with E-state index in [9.17, 15) is 0 Å². The Bertz CT molecular complexity index is 409. The smallest absolute Gasteiger partial charge is 0.125 e. The molecule has 3 nitrogen and oxygen atoms in total. The Kier molecular flexibility index (Phi) is 4.65. The quantitative estimate of drug-likeness (QED) is 0.926. The molecule has 1 aliphatic rings. The second kappa shape index (κ2) is 6.04. The van der Waals surface area contributed by atoms with Gasteiger partial charge in [0.2, 0.25) is 0 Å². The summed E-state index contributed by atoms with van der Waals surface area (Å²) in [5, 5.41) is 0. The van der Waals surface area contributed by atoms with Gasteiger partial charge in [-0.25, -0.2) is 0 Å². The van der Waals surface area contributed by atoms with Crippen LogP contribution < -0.4 is 10.5 Å². The lowest BCUT2D eigenvalue weighted by Gasteiger charge is -2.17. The van der Waals surface area contributed by atoms with Crippen molar-refractivity contribution in [2.75, 3.05) is 6.61 Å². The van der Waals surface area contributed by atoms with Gasteiger partial charge in [-0.15, -0.1) is 0 Å². The topological polar surface area (TPSA) is 44.5 Å². The van der Waals surface area contributed by atoms with Gasteiger partial charge in [-0.1, -0.05) is 22.0 Å². The second-order valence-corrected chi connectivity index (χ2v) is 5.84. The van der Waals surface area contributed by atoms with Gasteiger partial charge in [-0.05, 0) is 38.8 Å². The highest BCUT2D eigenvalue weighted by Gasteiger charge is 2.22. The zero-order chi connectivity index (χ0) is 13.1. The zero-order valence-electron chi connectivity index (χ0n) is 10.9. The van der Waals surface area contributed by atoms with Crippen LogP contribution in [0.3, 0.4) is 0 Å². The summed E-state index contributed by atoms with van der Waals surface area (Å²) < 4.78 is 12.6. The van der Waals surface area contributed by atoms with Crippen LogP contribution >= 0.6 is 15.9 Å². The molecule has 0 aromatic heterocycles. The first kappa shape index (κ1) is 13.8. The van der Waals surface area contributed by atoms with Gasteiger partial charge in [0.15, 0.2) is 0 Å². The lowest BCUT2D eigenvalue weighted by atomic mass is 10.1. The third-order valence-electron chi connectivity index (χ3n) is 3.21. The Balaban J connectivity index is 2.01. The normalized spacial score (nSPS) is 25.1. The minimum atomic E-state index is -0.0310. The van der Waals surface area contributed by atoms with E-state index >= 15 is 0 Å². The van der Waals surface area contributed by atoms with Crippen molar-refractivity contribution in [3.8, 4) is 5.75 Å². The van der Waals surface area contributed by atoms with E-state index in [4.69, 9.17) is 15.2 Å². The summed E-state index contributed by atoms with van der Waals surface area (Å²) >= 11 is 3.46. The average molecular weight is 314 g/mol. The van der Waals surface area contributed by atoms with Crippen molar-refractivity contribution in [2.45, 2.75) is 44.9 Å². The fourth-order valence-electron chi connectivity index (χ4n) is 2.20. The van der Waals surface area contributed by atoms with Crippen molar-refractivity contribution < 1.29 is 9.47 Å². The predicted octanol–water partition coefficient (Wildman–Crippen LogP) is 3.42. The van der Waals surface area contributed by atoms with Crippen molar-refractivity contribution in [1.82, 2.24) is 0 Å². The molecule has 0 spiro atoms. The standard InChI is InChI=1S/C14H20BrNO2/c1-9-3-5-12(18-9)8-17-14-7-11(15)4-6-13(14)10(2)16/h4,6-7,9-10,12H,3,5,8,16H2,1-2H3/t9?,10-,12?/m1/s1. The highest BCUT2D eigenvalue weighted by Crippen LogP contribution is 2.29. The number of ether oxygens (including phenoxy) is 2. The van der Waals surface area contributed by atoms with E-state index in [-0.39, 0.29) is 12.1 Å². The van der Waals surface area contributed by atoms with Gasteiger partial charge in [-0.2, -0.15) is 0 Å². The van der Waals surface area contributed by atoms with Crippen LogP contribution in [0.2, 0.25) is 0 Å². The van der Waals surface area contributed by atoms with Crippen LogP contribution in [0.4, 0.5) is 0 Å². The molecule has 2 N–H and O–H groups in total. The van der Waals surface area contributed by atoms with E-state index in [1.807, 2.05) is 25.1 Å². The maximum atomic E-state index is 5.94. The molecule has 2 rings (SSSR count). The van der Waals surface area contributed by atoms with Crippen LogP contribution in [0.15, 0.2) is 22.7 Å². The molecule has 0 bridgehead atoms. The summed E-state index contributed by atoms with van der Waals surface area (Å²) in [5.74, 6) is 0.850. The molecule has 1 aliphatic heterocycles. The second-order valence-electron chi connectivity index (χ2n) is 4.93. The molecule has 3 atom stereocenters. The molecule has 1 saturated heterocycles. The first-order chi connectivity index (χ1) is 8.56. The molecular formula is C14H20BrNO2. The minimum Gasteiger partial charge on any atom is -0.490 e. The fraction of sp³-hybridized carbons (Fsp3) is 0.571. The maximum Gasteiger partial charge on any atom is 0.125 e. The molecule has 1 aromatic carbocycles. The lowest BCUT2D eigenvalue weighted by molar-refractivity contribution is 0.0262. The Hall–Kier alpha value is -0.580. The Morgan fingerprint density at radius 2 is 2.28 bits per heavy atom. The average Bonchev–Trinajstić information content (AvgIpc) is 2.72. The van der Waals surface area contributed by atoms with Gasteiger partial charge in [0.25, 0.3) is 0 Å². The summed E-state index contributed by atoms with van der Waals surface area (Å²) in [6.07, 6.45) is 2.75. The van der Waals surface area contributed by atoms with Crippen LogP contribution in [0.1, 0.15) is 38.3 Å². The van der Waals surface area contributed by atoms with E-state index in [1.54, 1.807) is 0 Å². The van der Waals surface area contributed by atoms with E-state index in [0.717, 1.165) is 28.6 Å². The number of benzene rings is 1. The van der Waals surface area contributed by atoms with Gasteiger partial charge in [0, 0.05) is 16.1 Å². The van der Waals surface area contributed by atoms with Crippen molar-refractivity contribution in [3.63, 3.8) is 0 Å². The number of nitrogens with two attached hydrogens (primary N) is 1. The first-order valence-electron chi connectivity index (χ1n) is 6.39. The van der Waals surface area contributed by atoms with Crippen molar-refractivity contribution in [1.29, 1.82) is 0 Å². The third kappa shape index (κ3) is 3.46. The minimum absolute atomic E-state index is 0.0310. The molecule has 1 aromatic rings. The summed E-state index contributed by atoms with van der Waals surface area (Å²) in [4.78, 5) is 0. The molecule has 2 unspecified atom stereocenters. The summed E-state index contributed by atoms with van der Waals surface area (Å²) in [6, 6.07) is 5.93. The van der Waals surface area contributed by atoms with E-state index < -0.39 is 0 Å². The number of hydrogen-bond acceptors (Lipinski definition) is 3. The lowest BCUT2D eigenvalue weighted by Crippen LogP contribution is -2.19. The monoisotopic (exact) mass is 313 g/mol. The molecule has 0 radical (unpaired) electrons. The summed E-state index contributed by atoms with van der Waals surface area (Å²) in [5.41, 5.74) is 6.98. The highest BCUT2D eigenvalue weighted by atomic mass is 79.9. The van der Waals surface area contributed by atoms with Crippen LogP contribution in [-0.4, -0.2) is 18.8 Å². The van der Waals surface area contributed by atoms with Crippen molar-refractivity contribution in [3.05, 3.63) is 28.2 Å². The summed E-state index contributed by atoms with van der Waals surface area (Å²) in [6.45, 7) is 4.66. The Labute approximate surface area is 117 Å². The van der Waals surface area contributed by atoms with Crippen LogP contribution in [0.5, 0.6) is 5.75 Å². The number of halogens is 1. The molecule has 0 saturated carbocycles. The molecule has 4 heteroatoms. The number of rotatable bonds is 4. The molecular weight excluding hydrogens is 294 g/mol. The molecule has 1 heterocycles. The molecule has 0 aliphatic carbocycles. The van der Waals surface area contributed by atoms with Gasteiger partial charge >= 0.3 is 0 Å². The molecule has 100 valence electrons. The van der Waals surface area contributed by atoms with E-state index in [0.29, 0.717) is 12.7 Å². The Morgan fingerprint density at radius 3 is 2.89 bits per heavy atom. The molecule has 18 heavy (non-hydrogen) atoms. The predicted molar refractivity (Wildman–Crippen MR) is 75.8 cm³/mol. The number of hydrogen-bond donors (Lipinski definition) is 1. The SMILES string of the molecule is CC1CCC(COc2cc(Br)ccc2[C@@H](C)N)O1. The maximum absolute atomic E-state index is 5.94. The third-order valence-corrected chi connectivity index (χ3v) is 3.70. The van der Waals surface area contributed by atoms with Gasteiger partial charge in [0.1, 0.15) is 12.4 Å². The van der Waals surface area contributed by atoms with E-state index in [1.165, 1.54) is 0 Å². The van der Waals surface area contributed by atoms with Crippen LogP contribution in [0, 0.1) is 0 Å².